The van der Waals surface area contributed by atoms with Crippen molar-refractivity contribution in [1.29, 1.82) is 0 Å². The average molecular weight is 530 g/mol. The Hall–Kier alpha value is -3.05. The molecule has 1 amide bonds. The zero-order valence-electron chi connectivity index (χ0n) is 18.5. The number of hydrazone groups is 1. The predicted molar refractivity (Wildman–Crippen MR) is 134 cm³/mol. The quantitative estimate of drug-likeness (QED) is 0.529. The summed E-state index contributed by atoms with van der Waals surface area (Å²) in [6.45, 7) is 1.36. The first kappa shape index (κ1) is 23.7. The lowest BCUT2D eigenvalue weighted by molar-refractivity contribution is -0.148. The number of para-hydroxylation sites is 1. The number of rotatable bonds is 5. The summed E-state index contributed by atoms with van der Waals surface area (Å²) in [6.07, 6.45) is 0.143. The summed E-state index contributed by atoms with van der Waals surface area (Å²) in [6, 6.07) is 17.1. The molecule has 0 unspecified atom stereocenters. The number of piperidine rings is 1. The number of benzene rings is 2. The van der Waals surface area contributed by atoms with E-state index < -0.39 is 33.4 Å². The smallest absolute Gasteiger partial charge is 0.323 e. The molecular formula is C24H20ClN3O5S2. The van der Waals surface area contributed by atoms with E-state index in [9.17, 15) is 23.1 Å². The lowest BCUT2D eigenvalue weighted by atomic mass is 9.74. The molecule has 11 heteroatoms. The van der Waals surface area contributed by atoms with Gasteiger partial charge in [-0.2, -0.15) is 14.4 Å². The van der Waals surface area contributed by atoms with Gasteiger partial charge in [0.25, 0.3) is 15.9 Å². The highest BCUT2D eigenvalue weighted by Gasteiger charge is 2.62. The number of carboxylic acids is 1. The summed E-state index contributed by atoms with van der Waals surface area (Å²) in [5.41, 5.74) is 0.00639. The van der Waals surface area contributed by atoms with Crippen molar-refractivity contribution < 1.29 is 23.1 Å². The normalized spacial score (nSPS) is 22.7. The number of carbonyl (C=O) groups excluding carboxylic acids is 1. The third kappa shape index (κ3) is 3.77. The van der Waals surface area contributed by atoms with Crippen molar-refractivity contribution in [3.8, 4) is 10.4 Å². The van der Waals surface area contributed by atoms with E-state index in [0.29, 0.717) is 21.3 Å². The second-order valence-electron chi connectivity index (χ2n) is 8.43. The molecule has 3 aromatic rings. The first-order valence-corrected chi connectivity index (χ1v) is 13.4. The van der Waals surface area contributed by atoms with Gasteiger partial charge in [-0.05, 0) is 48.9 Å². The molecule has 1 aromatic heterocycles. The van der Waals surface area contributed by atoms with E-state index in [1.807, 2.05) is 0 Å². The van der Waals surface area contributed by atoms with Crippen LogP contribution in [0.2, 0.25) is 5.02 Å². The number of nitrogens with zero attached hydrogens (tertiary/aromatic N) is 3. The number of hydrogen-bond acceptors (Lipinski definition) is 6. The summed E-state index contributed by atoms with van der Waals surface area (Å²) < 4.78 is 28.3. The minimum atomic E-state index is -4.21. The molecule has 2 aliphatic heterocycles. The van der Waals surface area contributed by atoms with E-state index in [1.165, 1.54) is 18.0 Å². The van der Waals surface area contributed by atoms with E-state index >= 15 is 0 Å². The Balaban J connectivity index is 1.52. The van der Waals surface area contributed by atoms with Gasteiger partial charge in [-0.25, -0.2) is 8.42 Å². The number of thiophene rings is 1. The molecule has 2 aromatic carbocycles. The van der Waals surface area contributed by atoms with Gasteiger partial charge in [0, 0.05) is 22.9 Å². The molecule has 1 saturated heterocycles. The number of carbonyl (C=O) groups is 2. The number of aliphatic carboxylic acids is 1. The zero-order valence-corrected chi connectivity index (χ0v) is 20.8. The van der Waals surface area contributed by atoms with Gasteiger partial charge < -0.3 is 5.11 Å². The average Bonchev–Trinajstić information content (AvgIpc) is 3.43. The van der Waals surface area contributed by atoms with Gasteiger partial charge in [-0.1, -0.05) is 41.9 Å². The van der Waals surface area contributed by atoms with Crippen molar-refractivity contribution in [2.45, 2.75) is 23.6 Å². The first-order valence-electron chi connectivity index (χ1n) is 10.7. The number of amides is 1. The Kier molecular flexibility index (Phi) is 5.79. The minimum absolute atomic E-state index is 0.00282. The molecule has 3 heterocycles. The van der Waals surface area contributed by atoms with E-state index in [0.717, 1.165) is 21.2 Å². The van der Waals surface area contributed by atoms with Crippen LogP contribution in [0.1, 0.15) is 13.3 Å². The molecule has 0 spiro atoms. The summed E-state index contributed by atoms with van der Waals surface area (Å²) in [5.74, 6) is -1.97. The Labute approximate surface area is 211 Å². The van der Waals surface area contributed by atoms with Gasteiger partial charge in [0.15, 0.2) is 0 Å². The van der Waals surface area contributed by atoms with E-state index in [-0.39, 0.29) is 17.2 Å². The Morgan fingerprint density at radius 2 is 1.80 bits per heavy atom. The lowest BCUT2D eigenvalue weighted by Crippen LogP contribution is -2.63. The van der Waals surface area contributed by atoms with Crippen molar-refractivity contribution >= 4 is 56.2 Å². The molecule has 5 rings (SSSR count). The highest BCUT2D eigenvalue weighted by molar-refractivity contribution is 7.91. The summed E-state index contributed by atoms with van der Waals surface area (Å²) in [4.78, 5) is 26.7. The van der Waals surface area contributed by atoms with Gasteiger partial charge in [0.1, 0.15) is 15.7 Å². The third-order valence-corrected chi connectivity index (χ3v) is 10.1. The summed E-state index contributed by atoms with van der Waals surface area (Å²) in [7, 11) is -4.21. The molecule has 35 heavy (non-hydrogen) atoms. The van der Waals surface area contributed by atoms with Crippen LogP contribution in [0.3, 0.4) is 0 Å². The molecule has 2 aliphatic rings. The summed E-state index contributed by atoms with van der Waals surface area (Å²) in [5, 5.41) is 16.3. The highest BCUT2D eigenvalue weighted by atomic mass is 35.5. The first-order chi connectivity index (χ1) is 16.6. The van der Waals surface area contributed by atoms with Crippen LogP contribution in [0, 0.1) is 5.41 Å². The van der Waals surface area contributed by atoms with Crippen LogP contribution in [-0.4, -0.2) is 48.0 Å². The van der Waals surface area contributed by atoms with Gasteiger partial charge >= 0.3 is 5.97 Å². The third-order valence-electron chi connectivity index (χ3n) is 6.37. The zero-order chi connectivity index (χ0) is 25.0. The SMILES string of the molecule is C[C@]12C(=O)N(c3ccccc3)N=C1CCN(S(=O)(=O)c1ccc(-c3ccc(Cl)cc3)s1)[C@H]2C(=O)O. The maximum atomic E-state index is 13.7. The van der Waals surface area contributed by atoms with Gasteiger partial charge in [-0.3, -0.25) is 9.59 Å². The fourth-order valence-corrected chi connectivity index (χ4v) is 7.78. The fourth-order valence-electron chi connectivity index (χ4n) is 4.55. The fraction of sp³-hybridized carbons (Fsp3) is 0.208. The molecule has 8 nitrogen and oxygen atoms in total. The predicted octanol–water partition coefficient (Wildman–Crippen LogP) is 4.33. The van der Waals surface area contributed by atoms with Crippen LogP contribution in [0.15, 0.2) is 76.0 Å². The van der Waals surface area contributed by atoms with Gasteiger partial charge in [0.05, 0.1) is 11.4 Å². The molecule has 1 N–H and O–H groups in total. The van der Waals surface area contributed by atoms with Crippen molar-refractivity contribution in [3.63, 3.8) is 0 Å². The Morgan fingerprint density at radius 3 is 2.46 bits per heavy atom. The molecule has 0 aliphatic carbocycles. The van der Waals surface area contributed by atoms with Crippen LogP contribution in [0.4, 0.5) is 5.69 Å². The number of carboxylic acid groups (broad SMARTS) is 1. The van der Waals surface area contributed by atoms with Crippen LogP contribution in [-0.2, 0) is 19.6 Å². The minimum Gasteiger partial charge on any atom is -0.480 e. The number of sulfonamides is 1. The molecule has 0 bridgehead atoms. The number of fused-ring (bicyclic) bond motifs is 1. The van der Waals surface area contributed by atoms with E-state index in [1.54, 1.807) is 60.7 Å². The summed E-state index contributed by atoms with van der Waals surface area (Å²) >= 11 is 6.98. The highest BCUT2D eigenvalue weighted by Crippen LogP contribution is 2.44. The number of anilines is 1. The monoisotopic (exact) mass is 529 g/mol. The maximum absolute atomic E-state index is 13.7. The van der Waals surface area contributed by atoms with E-state index in [4.69, 9.17) is 11.6 Å². The van der Waals surface area contributed by atoms with Crippen LogP contribution in [0.5, 0.6) is 0 Å². The van der Waals surface area contributed by atoms with Crippen LogP contribution >= 0.6 is 22.9 Å². The largest absolute Gasteiger partial charge is 0.480 e. The van der Waals surface area contributed by atoms with Crippen molar-refractivity contribution in [1.82, 2.24) is 4.31 Å². The van der Waals surface area contributed by atoms with Crippen LogP contribution < -0.4 is 5.01 Å². The second-order valence-corrected chi connectivity index (χ2v) is 12.1. The molecule has 0 radical (unpaired) electrons. The van der Waals surface area contributed by atoms with Crippen molar-refractivity contribution in [2.24, 2.45) is 10.5 Å². The number of halogens is 1. The Morgan fingerprint density at radius 1 is 1.11 bits per heavy atom. The standard InChI is InChI=1S/C24H20ClN3O5S2/c1-24-19(26-28(23(24)31)17-5-3-2-4-6-17)13-14-27(21(24)22(29)30)35(32,33)20-12-11-18(34-20)15-7-9-16(25)10-8-15/h2-12,21H,13-14H2,1H3,(H,29,30)/t21-,24-/m0/s1. The molecule has 1 fully saturated rings. The molecule has 180 valence electrons. The molecular weight excluding hydrogens is 510 g/mol. The number of hydrogen-bond donors (Lipinski definition) is 1. The maximum Gasteiger partial charge on any atom is 0.323 e. The Bertz CT molecular complexity index is 1450. The lowest BCUT2D eigenvalue weighted by Gasteiger charge is -2.41. The van der Waals surface area contributed by atoms with Gasteiger partial charge in [-0.15, -0.1) is 11.3 Å². The van der Waals surface area contributed by atoms with Crippen LogP contribution in [0.25, 0.3) is 10.4 Å². The van der Waals surface area contributed by atoms with Crippen molar-refractivity contribution in [3.05, 3.63) is 71.8 Å². The van der Waals surface area contributed by atoms with Crippen molar-refractivity contribution in [2.75, 3.05) is 11.6 Å². The van der Waals surface area contributed by atoms with Gasteiger partial charge in [0.2, 0.25) is 0 Å². The second kappa shape index (κ2) is 8.56. The molecule has 2 atom stereocenters. The topological polar surface area (TPSA) is 107 Å². The molecule has 0 saturated carbocycles. The van der Waals surface area contributed by atoms with E-state index in [2.05, 4.69) is 5.10 Å².